The molecule has 0 aliphatic carbocycles. The molecular weight excluding hydrogens is 290 g/mol. The molecule has 2 saturated heterocycles. The second-order valence-electron chi connectivity index (χ2n) is 7.27. The molecule has 0 spiro atoms. The molecule has 0 bridgehead atoms. The summed E-state index contributed by atoms with van der Waals surface area (Å²) in [5.41, 5.74) is 1.04. The fraction of sp³-hybridized carbons (Fsp3) is 0.778. The molecule has 0 aromatic carbocycles. The lowest BCUT2D eigenvalue weighted by Crippen LogP contribution is -2.41. The van der Waals surface area contributed by atoms with E-state index in [1.54, 1.807) is 0 Å². The number of likely N-dealkylation sites (tertiary alicyclic amines) is 2. The van der Waals surface area contributed by atoms with E-state index in [4.69, 9.17) is 4.52 Å². The molecule has 23 heavy (non-hydrogen) atoms. The molecule has 1 atom stereocenters. The number of piperidine rings is 1. The molecule has 0 N–H and O–H groups in total. The topological polar surface area (TPSA) is 49.6 Å². The fourth-order valence-corrected chi connectivity index (χ4v) is 3.72. The summed E-state index contributed by atoms with van der Waals surface area (Å²) in [6.07, 6.45) is 6.65. The van der Waals surface area contributed by atoms with E-state index < -0.39 is 0 Å². The highest BCUT2D eigenvalue weighted by molar-refractivity contribution is 5.77. The molecule has 1 aromatic heterocycles. The van der Waals surface area contributed by atoms with E-state index in [1.807, 2.05) is 4.90 Å². The van der Waals surface area contributed by atoms with Gasteiger partial charge in [-0.3, -0.25) is 9.69 Å². The molecule has 5 nitrogen and oxygen atoms in total. The first kappa shape index (κ1) is 16.5. The Balaban J connectivity index is 1.56. The lowest BCUT2D eigenvalue weighted by molar-refractivity contribution is -0.127. The quantitative estimate of drug-likeness (QED) is 0.808. The first-order valence-corrected chi connectivity index (χ1v) is 9.11. The summed E-state index contributed by atoms with van der Waals surface area (Å²) >= 11 is 0. The van der Waals surface area contributed by atoms with Crippen LogP contribution in [0.15, 0.2) is 10.6 Å². The van der Waals surface area contributed by atoms with Gasteiger partial charge in [0, 0.05) is 44.1 Å². The Morgan fingerprint density at radius 1 is 1.30 bits per heavy atom. The van der Waals surface area contributed by atoms with Gasteiger partial charge in [-0.2, -0.15) is 0 Å². The summed E-state index contributed by atoms with van der Waals surface area (Å²) in [4.78, 5) is 16.4. The van der Waals surface area contributed by atoms with Gasteiger partial charge >= 0.3 is 0 Å². The molecule has 128 valence electrons. The maximum absolute atomic E-state index is 11.8. The van der Waals surface area contributed by atoms with Crippen LogP contribution in [0.5, 0.6) is 0 Å². The Morgan fingerprint density at radius 3 is 2.87 bits per heavy atom. The van der Waals surface area contributed by atoms with Crippen LogP contribution in [0.2, 0.25) is 0 Å². The molecule has 5 heteroatoms. The molecule has 1 aromatic rings. The van der Waals surface area contributed by atoms with Crippen molar-refractivity contribution in [2.75, 3.05) is 19.6 Å². The largest absolute Gasteiger partial charge is 0.361 e. The number of aromatic nitrogens is 1. The maximum atomic E-state index is 11.8. The first-order valence-electron chi connectivity index (χ1n) is 9.11. The molecule has 2 aliphatic rings. The minimum Gasteiger partial charge on any atom is -0.361 e. The first-order chi connectivity index (χ1) is 11.1. The zero-order valence-corrected chi connectivity index (χ0v) is 14.5. The Kier molecular flexibility index (Phi) is 5.36. The van der Waals surface area contributed by atoms with Crippen molar-refractivity contribution in [2.45, 2.75) is 70.9 Å². The minimum atomic E-state index is 0.338. The predicted molar refractivity (Wildman–Crippen MR) is 89.1 cm³/mol. The zero-order chi connectivity index (χ0) is 16.2. The Hall–Kier alpha value is -1.36. The number of carbonyl (C=O) groups excluding carboxylic acids is 1. The van der Waals surface area contributed by atoms with Crippen molar-refractivity contribution >= 4 is 5.91 Å². The lowest BCUT2D eigenvalue weighted by Gasteiger charge is -2.36. The van der Waals surface area contributed by atoms with Crippen LogP contribution in [-0.4, -0.2) is 46.5 Å². The normalized spacial score (nSPS) is 23.2. The van der Waals surface area contributed by atoms with Crippen molar-refractivity contribution in [1.29, 1.82) is 0 Å². The van der Waals surface area contributed by atoms with Gasteiger partial charge in [0.2, 0.25) is 5.91 Å². The molecular formula is C18H29N3O2. The van der Waals surface area contributed by atoms with Gasteiger partial charge < -0.3 is 9.42 Å². The highest BCUT2D eigenvalue weighted by Gasteiger charge is 2.26. The van der Waals surface area contributed by atoms with Crippen LogP contribution in [0.1, 0.15) is 69.7 Å². The molecule has 0 radical (unpaired) electrons. The molecule has 1 amide bonds. The zero-order valence-electron chi connectivity index (χ0n) is 14.5. The average Bonchev–Trinajstić information content (AvgIpc) is 3.16. The standard InChI is InChI=1S/C18H29N3O2/c1-14(2)17-12-15(19-23-17)13-21-9-4-3-6-16(21)8-11-20-10-5-7-18(20)22/h12,14,16H,3-11,13H2,1-2H3/t16-/m1/s1. The van der Waals surface area contributed by atoms with E-state index in [1.165, 1.54) is 19.3 Å². The third-order valence-corrected chi connectivity index (χ3v) is 5.16. The van der Waals surface area contributed by atoms with E-state index in [0.29, 0.717) is 17.9 Å². The van der Waals surface area contributed by atoms with Gasteiger partial charge in [-0.05, 0) is 32.2 Å². The second-order valence-corrected chi connectivity index (χ2v) is 7.27. The van der Waals surface area contributed by atoms with Crippen molar-refractivity contribution in [3.63, 3.8) is 0 Å². The molecule has 2 fully saturated rings. The summed E-state index contributed by atoms with van der Waals surface area (Å²) in [6.45, 7) is 8.11. The fourth-order valence-electron chi connectivity index (χ4n) is 3.72. The number of hydrogen-bond acceptors (Lipinski definition) is 4. The van der Waals surface area contributed by atoms with E-state index >= 15 is 0 Å². The van der Waals surface area contributed by atoms with E-state index in [-0.39, 0.29) is 0 Å². The third kappa shape index (κ3) is 4.14. The smallest absolute Gasteiger partial charge is 0.222 e. The molecule has 0 unspecified atom stereocenters. The van der Waals surface area contributed by atoms with Crippen LogP contribution in [0.3, 0.4) is 0 Å². The molecule has 3 rings (SSSR count). The summed E-state index contributed by atoms with van der Waals surface area (Å²) in [7, 11) is 0. The predicted octanol–water partition coefficient (Wildman–Crippen LogP) is 3.17. The van der Waals surface area contributed by atoms with Crippen LogP contribution < -0.4 is 0 Å². The van der Waals surface area contributed by atoms with Gasteiger partial charge in [0.05, 0.1) is 5.69 Å². The van der Waals surface area contributed by atoms with E-state index in [9.17, 15) is 4.79 Å². The SMILES string of the molecule is CC(C)c1cc(CN2CCCC[C@@H]2CCN2CCCC2=O)no1. The number of nitrogens with zero attached hydrogens (tertiary/aromatic N) is 3. The van der Waals surface area contributed by atoms with Crippen LogP contribution in [0.4, 0.5) is 0 Å². The van der Waals surface area contributed by atoms with Gasteiger partial charge in [-0.1, -0.05) is 25.4 Å². The van der Waals surface area contributed by atoms with Gasteiger partial charge in [0.25, 0.3) is 0 Å². The molecule has 3 heterocycles. The second kappa shape index (κ2) is 7.47. The van der Waals surface area contributed by atoms with E-state index in [2.05, 4.69) is 30.0 Å². The highest BCUT2D eigenvalue weighted by Crippen LogP contribution is 2.24. The van der Waals surface area contributed by atoms with Crippen LogP contribution in [-0.2, 0) is 11.3 Å². The number of rotatable bonds is 6. The Morgan fingerprint density at radius 2 is 2.17 bits per heavy atom. The minimum absolute atomic E-state index is 0.338. The van der Waals surface area contributed by atoms with Gasteiger partial charge in [0.15, 0.2) is 0 Å². The van der Waals surface area contributed by atoms with Crippen LogP contribution in [0.25, 0.3) is 0 Å². The molecule has 0 saturated carbocycles. The third-order valence-electron chi connectivity index (χ3n) is 5.16. The Bertz CT molecular complexity index is 526. The van der Waals surface area contributed by atoms with E-state index in [0.717, 1.165) is 56.9 Å². The van der Waals surface area contributed by atoms with Crippen molar-refractivity contribution in [3.05, 3.63) is 17.5 Å². The highest BCUT2D eigenvalue weighted by atomic mass is 16.5. The van der Waals surface area contributed by atoms with Crippen molar-refractivity contribution in [1.82, 2.24) is 15.0 Å². The number of hydrogen-bond donors (Lipinski definition) is 0. The number of amides is 1. The summed E-state index contributed by atoms with van der Waals surface area (Å²) in [5, 5.41) is 4.23. The summed E-state index contributed by atoms with van der Waals surface area (Å²) in [5.74, 6) is 1.69. The van der Waals surface area contributed by atoms with Crippen LogP contribution >= 0.6 is 0 Å². The van der Waals surface area contributed by atoms with Gasteiger partial charge in [-0.15, -0.1) is 0 Å². The maximum Gasteiger partial charge on any atom is 0.222 e. The van der Waals surface area contributed by atoms with Crippen molar-refractivity contribution in [2.24, 2.45) is 0 Å². The van der Waals surface area contributed by atoms with Crippen molar-refractivity contribution < 1.29 is 9.32 Å². The van der Waals surface area contributed by atoms with Crippen molar-refractivity contribution in [3.8, 4) is 0 Å². The molecule has 2 aliphatic heterocycles. The summed E-state index contributed by atoms with van der Waals surface area (Å²) in [6, 6.07) is 2.66. The number of carbonyl (C=O) groups is 1. The summed E-state index contributed by atoms with van der Waals surface area (Å²) < 4.78 is 5.43. The van der Waals surface area contributed by atoms with Gasteiger partial charge in [0.1, 0.15) is 5.76 Å². The monoisotopic (exact) mass is 319 g/mol. The average molecular weight is 319 g/mol. The van der Waals surface area contributed by atoms with Gasteiger partial charge in [-0.25, -0.2) is 0 Å². The lowest BCUT2D eigenvalue weighted by atomic mass is 9.98. The van der Waals surface area contributed by atoms with Crippen LogP contribution in [0, 0.1) is 0 Å². The Labute approximate surface area is 139 Å².